The Morgan fingerprint density at radius 3 is 2.88 bits per heavy atom. The number of nitrogens with zero attached hydrogens (tertiary/aromatic N) is 4. The van der Waals surface area contributed by atoms with Gasteiger partial charge in [-0.15, -0.1) is 5.10 Å². The van der Waals surface area contributed by atoms with Gasteiger partial charge in [-0.1, -0.05) is 41.1 Å². The van der Waals surface area contributed by atoms with E-state index >= 15 is 0 Å². The normalized spacial score (nSPS) is 11.3. The minimum Gasteiger partial charge on any atom is -0.461 e. The second-order valence-corrected chi connectivity index (χ2v) is 6.83. The van der Waals surface area contributed by atoms with E-state index in [-0.39, 0.29) is 0 Å². The van der Waals surface area contributed by atoms with Gasteiger partial charge in [-0.25, -0.2) is 10.1 Å². The zero-order valence-electron chi connectivity index (χ0n) is 13.1. The number of benzene rings is 1. The molecule has 4 rings (SSSR count). The largest absolute Gasteiger partial charge is 0.461 e. The lowest BCUT2D eigenvalue weighted by molar-refractivity contribution is 0.573. The van der Waals surface area contributed by atoms with Gasteiger partial charge in [0.25, 0.3) is 0 Å². The Morgan fingerprint density at radius 1 is 1.27 bits per heavy atom. The van der Waals surface area contributed by atoms with Crippen LogP contribution in [0, 0.1) is 4.77 Å². The van der Waals surface area contributed by atoms with Gasteiger partial charge in [-0.3, -0.25) is 0 Å². The van der Waals surface area contributed by atoms with Crippen LogP contribution in [0.5, 0.6) is 0 Å². The van der Waals surface area contributed by atoms with E-state index in [9.17, 15) is 0 Å². The molecule has 10 heteroatoms. The average Bonchev–Trinajstić information content (AvgIpc) is 3.35. The molecule has 26 heavy (non-hydrogen) atoms. The van der Waals surface area contributed by atoms with Gasteiger partial charge in [-0.05, 0) is 36.5 Å². The highest BCUT2D eigenvalue weighted by molar-refractivity contribution is 7.71. The third-order valence-corrected chi connectivity index (χ3v) is 4.89. The fraction of sp³-hybridized carbons (Fsp3) is 0. The van der Waals surface area contributed by atoms with Crippen LogP contribution in [0.3, 0.4) is 0 Å². The molecule has 0 unspecified atom stereocenters. The van der Waals surface area contributed by atoms with Gasteiger partial charge in [0, 0.05) is 5.69 Å². The summed E-state index contributed by atoms with van der Waals surface area (Å²) in [6.07, 6.45) is 3.15. The van der Waals surface area contributed by atoms with E-state index in [1.54, 1.807) is 24.6 Å². The molecule has 3 aromatic heterocycles. The Kier molecular flexibility index (Phi) is 4.65. The van der Waals surface area contributed by atoms with E-state index in [1.807, 2.05) is 30.3 Å². The third-order valence-electron chi connectivity index (χ3n) is 3.32. The van der Waals surface area contributed by atoms with Gasteiger partial charge in [0.15, 0.2) is 16.0 Å². The van der Waals surface area contributed by atoms with Crippen molar-refractivity contribution in [1.29, 1.82) is 0 Å². The molecule has 7 nitrogen and oxygen atoms in total. The number of furan rings is 1. The monoisotopic (exact) mass is 402 g/mol. The lowest BCUT2D eigenvalue weighted by atomic mass is 10.3. The summed E-state index contributed by atoms with van der Waals surface area (Å²) < 4.78 is 7.16. The Labute approximate surface area is 162 Å². The third kappa shape index (κ3) is 3.45. The van der Waals surface area contributed by atoms with Crippen LogP contribution >= 0.6 is 35.2 Å². The molecule has 0 aliphatic heterocycles. The summed E-state index contributed by atoms with van der Waals surface area (Å²) in [6, 6.07) is 13.3. The van der Waals surface area contributed by atoms with Crippen LogP contribution in [-0.2, 0) is 0 Å². The highest BCUT2D eigenvalue weighted by atomic mass is 35.5. The quantitative estimate of drug-likeness (QED) is 0.365. The second kappa shape index (κ2) is 7.24. The van der Waals surface area contributed by atoms with Crippen LogP contribution in [0.1, 0.15) is 4.88 Å². The molecule has 0 amide bonds. The van der Waals surface area contributed by atoms with Crippen molar-refractivity contribution in [2.24, 2.45) is 5.10 Å². The van der Waals surface area contributed by atoms with Crippen LogP contribution in [-0.4, -0.2) is 26.1 Å². The molecule has 0 atom stereocenters. The Hall–Kier alpha value is -2.75. The highest BCUT2D eigenvalue weighted by Crippen LogP contribution is 2.28. The number of para-hydroxylation sites is 1. The summed E-state index contributed by atoms with van der Waals surface area (Å²) in [6.45, 7) is 0. The first kappa shape index (κ1) is 16.7. The number of hydrogen-bond donors (Lipinski definition) is 2. The highest BCUT2D eigenvalue weighted by Gasteiger charge is 2.12. The van der Waals surface area contributed by atoms with Gasteiger partial charge in [-0.2, -0.15) is 9.78 Å². The number of aromatic nitrogens is 4. The molecular weight excluding hydrogens is 392 g/mol. The smallest absolute Gasteiger partial charge is 0.219 e. The number of nitrogens with one attached hydrogen (secondary N) is 2. The standard InChI is InChI=1S/C16H11ClN6OS2/c17-13-12(26-15(20-13)19-10-5-2-1-3-6-10)9-18-23-14(21-22-16(23)25)11-7-4-8-24-11/h1-9H,(H,19,20)(H,22,25)/b18-9+. The molecule has 4 aromatic rings. The van der Waals surface area contributed by atoms with E-state index in [2.05, 4.69) is 25.6 Å². The summed E-state index contributed by atoms with van der Waals surface area (Å²) in [5.41, 5.74) is 0.929. The van der Waals surface area contributed by atoms with Gasteiger partial charge in [0.05, 0.1) is 17.4 Å². The number of thiazole rings is 1. The molecule has 0 saturated carbocycles. The predicted molar refractivity (Wildman–Crippen MR) is 105 cm³/mol. The van der Waals surface area contributed by atoms with E-state index in [4.69, 9.17) is 28.2 Å². The number of hydrogen-bond acceptors (Lipinski definition) is 7. The van der Waals surface area contributed by atoms with E-state index in [1.165, 1.54) is 16.0 Å². The van der Waals surface area contributed by atoms with Crippen LogP contribution < -0.4 is 5.32 Å². The van der Waals surface area contributed by atoms with Crippen molar-refractivity contribution in [3.05, 3.63) is 63.5 Å². The molecule has 0 saturated heterocycles. The van der Waals surface area contributed by atoms with Crippen molar-refractivity contribution in [2.45, 2.75) is 0 Å². The van der Waals surface area contributed by atoms with Crippen molar-refractivity contribution >= 4 is 52.2 Å². The Bertz CT molecular complexity index is 1100. The molecule has 0 bridgehead atoms. The van der Waals surface area contributed by atoms with Crippen molar-refractivity contribution in [1.82, 2.24) is 19.9 Å². The minimum atomic E-state index is 0.343. The molecule has 0 aliphatic carbocycles. The summed E-state index contributed by atoms with van der Waals surface area (Å²) >= 11 is 12.8. The average molecular weight is 403 g/mol. The van der Waals surface area contributed by atoms with E-state index in [0.29, 0.717) is 31.5 Å². The number of anilines is 2. The molecule has 3 heterocycles. The number of halogens is 1. The van der Waals surface area contributed by atoms with Gasteiger partial charge in [0.1, 0.15) is 0 Å². The van der Waals surface area contributed by atoms with Gasteiger partial charge >= 0.3 is 0 Å². The lowest BCUT2D eigenvalue weighted by Gasteiger charge is -2.00. The summed E-state index contributed by atoms with van der Waals surface area (Å²) in [4.78, 5) is 5.00. The molecular formula is C16H11ClN6OS2. The van der Waals surface area contributed by atoms with Crippen molar-refractivity contribution in [2.75, 3.05) is 5.32 Å². The fourth-order valence-electron chi connectivity index (χ4n) is 2.17. The zero-order chi connectivity index (χ0) is 17.9. The number of rotatable bonds is 5. The molecule has 2 N–H and O–H groups in total. The summed E-state index contributed by atoms with van der Waals surface area (Å²) in [7, 11) is 0. The van der Waals surface area contributed by atoms with Crippen molar-refractivity contribution < 1.29 is 4.42 Å². The molecule has 0 fully saturated rings. The molecule has 0 radical (unpaired) electrons. The van der Waals surface area contributed by atoms with Crippen molar-refractivity contribution in [3.8, 4) is 11.6 Å². The van der Waals surface area contributed by atoms with Crippen LogP contribution in [0.25, 0.3) is 11.6 Å². The van der Waals surface area contributed by atoms with E-state index in [0.717, 1.165) is 5.69 Å². The number of H-pyrrole nitrogens is 1. The SMILES string of the molecule is S=c1[nH]nc(-c2ccco2)n1/N=C/c1sc(Nc2ccccc2)nc1Cl. The Balaban J connectivity index is 1.60. The first-order chi connectivity index (χ1) is 12.7. The summed E-state index contributed by atoms with van der Waals surface area (Å²) in [5, 5.41) is 15.4. The second-order valence-electron chi connectivity index (χ2n) is 5.05. The molecule has 0 spiro atoms. The van der Waals surface area contributed by atoms with Crippen LogP contribution in [0.4, 0.5) is 10.8 Å². The van der Waals surface area contributed by atoms with Crippen LogP contribution in [0.2, 0.25) is 5.15 Å². The van der Waals surface area contributed by atoms with Crippen molar-refractivity contribution in [3.63, 3.8) is 0 Å². The lowest BCUT2D eigenvalue weighted by Crippen LogP contribution is -1.93. The maximum absolute atomic E-state index is 6.22. The first-order valence-corrected chi connectivity index (χ1v) is 9.05. The van der Waals surface area contributed by atoms with Gasteiger partial charge in [0.2, 0.25) is 10.6 Å². The minimum absolute atomic E-state index is 0.343. The topological polar surface area (TPSA) is 84.0 Å². The Morgan fingerprint density at radius 2 is 2.12 bits per heavy atom. The van der Waals surface area contributed by atoms with E-state index < -0.39 is 0 Å². The maximum Gasteiger partial charge on any atom is 0.219 e. The first-order valence-electron chi connectivity index (χ1n) is 7.45. The maximum atomic E-state index is 6.22. The fourth-order valence-corrected chi connectivity index (χ4v) is 3.39. The molecule has 130 valence electrons. The zero-order valence-corrected chi connectivity index (χ0v) is 15.5. The van der Waals surface area contributed by atoms with Gasteiger partial charge < -0.3 is 9.73 Å². The molecule has 0 aliphatic rings. The number of aromatic amines is 1. The summed E-state index contributed by atoms with van der Waals surface area (Å²) in [5.74, 6) is 1.02. The predicted octanol–water partition coefficient (Wildman–Crippen LogP) is 4.94. The van der Waals surface area contributed by atoms with Crippen LogP contribution in [0.15, 0.2) is 58.2 Å². The molecule has 1 aromatic carbocycles.